The van der Waals surface area contributed by atoms with E-state index in [-0.39, 0.29) is 6.67 Å². The molecule has 0 bridgehead atoms. The molecule has 0 spiro atoms. The van der Waals surface area contributed by atoms with Crippen molar-refractivity contribution in [1.29, 1.82) is 0 Å². The van der Waals surface area contributed by atoms with Crippen molar-refractivity contribution in [1.82, 2.24) is 0 Å². The lowest BCUT2D eigenvalue weighted by atomic mass is 10.2. The molecule has 0 N–H and O–H groups in total. The van der Waals surface area contributed by atoms with Gasteiger partial charge in [0.05, 0.1) is 6.67 Å². The molecule has 0 nitrogen and oxygen atoms in total. The summed E-state index contributed by atoms with van der Waals surface area (Å²) in [5.74, 6) is 0. The fourth-order valence-electron chi connectivity index (χ4n) is 0.888. The Labute approximate surface area is 64.7 Å². The molecule has 0 atom stereocenters. The van der Waals surface area contributed by atoms with Crippen LogP contribution >= 0.6 is 11.3 Å². The molecule has 2 heteroatoms. The topological polar surface area (TPSA) is 0 Å². The molecule has 1 aromatic rings. The van der Waals surface area contributed by atoms with Gasteiger partial charge in [0.2, 0.25) is 0 Å². The van der Waals surface area contributed by atoms with Gasteiger partial charge in [-0.2, -0.15) is 0 Å². The molecule has 10 heavy (non-hydrogen) atoms. The van der Waals surface area contributed by atoms with Crippen LogP contribution in [0.4, 0.5) is 4.39 Å². The van der Waals surface area contributed by atoms with Crippen LogP contribution in [0.25, 0.3) is 0 Å². The van der Waals surface area contributed by atoms with Gasteiger partial charge in [0.25, 0.3) is 0 Å². The molecule has 0 amide bonds. The highest BCUT2D eigenvalue weighted by Gasteiger charge is 1.97. The Bertz CT molecular complexity index is 193. The first kappa shape index (κ1) is 7.73. The van der Waals surface area contributed by atoms with E-state index in [9.17, 15) is 4.39 Å². The molecule has 1 rings (SSSR count). The molecule has 0 aliphatic carbocycles. The number of rotatable bonds is 3. The maximum atomic E-state index is 11.7. The Kier molecular flexibility index (Phi) is 2.87. The van der Waals surface area contributed by atoms with E-state index in [1.54, 1.807) is 11.3 Å². The molecule has 0 aliphatic rings. The van der Waals surface area contributed by atoms with Gasteiger partial charge in [-0.25, -0.2) is 0 Å². The van der Waals surface area contributed by atoms with Gasteiger partial charge in [-0.05, 0) is 36.8 Å². The van der Waals surface area contributed by atoms with Gasteiger partial charge >= 0.3 is 0 Å². The van der Waals surface area contributed by atoms with Gasteiger partial charge in [-0.1, -0.05) is 0 Å². The third-order valence-electron chi connectivity index (χ3n) is 1.51. The summed E-state index contributed by atoms with van der Waals surface area (Å²) >= 11 is 1.72. The fourth-order valence-corrected chi connectivity index (χ4v) is 1.84. The van der Waals surface area contributed by atoms with Crippen LogP contribution in [0.15, 0.2) is 11.4 Å². The van der Waals surface area contributed by atoms with E-state index in [0.717, 1.165) is 6.42 Å². The normalized spacial score (nSPS) is 10.2. The quantitative estimate of drug-likeness (QED) is 0.634. The summed E-state index contributed by atoms with van der Waals surface area (Å²) in [6, 6.07) is 2.08. The minimum Gasteiger partial charge on any atom is -0.251 e. The van der Waals surface area contributed by atoms with E-state index in [1.165, 1.54) is 10.4 Å². The summed E-state index contributed by atoms with van der Waals surface area (Å²) in [6.45, 7) is 1.88. The van der Waals surface area contributed by atoms with Crippen molar-refractivity contribution in [2.75, 3.05) is 6.67 Å². The maximum Gasteiger partial charge on any atom is 0.0897 e. The van der Waals surface area contributed by atoms with Crippen molar-refractivity contribution >= 4 is 11.3 Å². The Balaban J connectivity index is 2.49. The van der Waals surface area contributed by atoms with Gasteiger partial charge in [0.1, 0.15) is 0 Å². The molecule has 1 aromatic heterocycles. The number of aryl methyl sites for hydroxylation is 2. The van der Waals surface area contributed by atoms with E-state index in [1.807, 2.05) is 0 Å². The van der Waals surface area contributed by atoms with Crippen molar-refractivity contribution in [3.63, 3.8) is 0 Å². The first-order valence-corrected chi connectivity index (χ1v) is 4.31. The molecule has 1 heterocycles. The zero-order valence-electron chi connectivity index (χ0n) is 6.06. The van der Waals surface area contributed by atoms with Crippen molar-refractivity contribution in [2.24, 2.45) is 0 Å². The van der Waals surface area contributed by atoms with Crippen LogP contribution < -0.4 is 0 Å². The minimum absolute atomic E-state index is 0.197. The van der Waals surface area contributed by atoms with Crippen LogP contribution in [0, 0.1) is 6.92 Å². The van der Waals surface area contributed by atoms with Crippen LogP contribution in [0.3, 0.4) is 0 Å². The summed E-state index contributed by atoms with van der Waals surface area (Å²) in [6.07, 6.45) is 1.57. The second-order valence-electron chi connectivity index (χ2n) is 2.32. The number of halogens is 1. The van der Waals surface area contributed by atoms with Crippen molar-refractivity contribution < 1.29 is 4.39 Å². The molecule has 0 saturated heterocycles. The second-order valence-corrected chi connectivity index (χ2v) is 3.32. The predicted octanol–water partition coefficient (Wildman–Crippen LogP) is 2.96. The Morgan fingerprint density at radius 1 is 1.60 bits per heavy atom. The largest absolute Gasteiger partial charge is 0.251 e. The van der Waals surface area contributed by atoms with Gasteiger partial charge in [-0.3, -0.25) is 4.39 Å². The van der Waals surface area contributed by atoms with Gasteiger partial charge in [0.15, 0.2) is 0 Å². The monoisotopic (exact) mass is 158 g/mol. The number of alkyl halides is 1. The highest BCUT2D eigenvalue weighted by Crippen LogP contribution is 2.16. The molecule has 0 aliphatic heterocycles. The van der Waals surface area contributed by atoms with Gasteiger partial charge < -0.3 is 0 Å². The first-order chi connectivity index (χ1) is 4.84. The van der Waals surface area contributed by atoms with Crippen molar-refractivity contribution in [2.45, 2.75) is 19.8 Å². The molecule has 0 aromatic carbocycles. The molecule has 56 valence electrons. The average Bonchev–Trinajstić information content (AvgIpc) is 2.31. The van der Waals surface area contributed by atoms with E-state index in [0.29, 0.717) is 6.42 Å². The van der Waals surface area contributed by atoms with E-state index in [4.69, 9.17) is 0 Å². The lowest BCUT2D eigenvalue weighted by Gasteiger charge is -1.94. The standard InChI is InChI=1S/C8H11FS/c1-7-4-6-10-8(7)3-2-5-9/h4,6H,2-3,5H2,1H3. The summed E-state index contributed by atoms with van der Waals surface area (Å²) < 4.78 is 11.7. The molecule has 0 saturated carbocycles. The van der Waals surface area contributed by atoms with Crippen LogP contribution in [-0.4, -0.2) is 6.67 Å². The van der Waals surface area contributed by atoms with E-state index < -0.39 is 0 Å². The molecular formula is C8H11FS. The average molecular weight is 158 g/mol. The van der Waals surface area contributed by atoms with Crippen molar-refractivity contribution in [3.8, 4) is 0 Å². The number of thiophene rings is 1. The fraction of sp³-hybridized carbons (Fsp3) is 0.500. The summed E-state index contributed by atoms with van der Waals surface area (Å²) in [5.41, 5.74) is 1.30. The molecule has 0 fully saturated rings. The third kappa shape index (κ3) is 1.81. The molecular weight excluding hydrogens is 147 g/mol. The zero-order chi connectivity index (χ0) is 7.40. The van der Waals surface area contributed by atoms with Crippen molar-refractivity contribution in [3.05, 3.63) is 21.9 Å². The van der Waals surface area contributed by atoms with E-state index in [2.05, 4.69) is 18.4 Å². The Hall–Kier alpha value is -0.370. The number of hydrogen-bond donors (Lipinski definition) is 0. The highest BCUT2D eigenvalue weighted by molar-refractivity contribution is 7.10. The van der Waals surface area contributed by atoms with Crippen LogP contribution in [-0.2, 0) is 6.42 Å². The predicted molar refractivity (Wildman–Crippen MR) is 43.4 cm³/mol. The van der Waals surface area contributed by atoms with Gasteiger partial charge in [-0.15, -0.1) is 11.3 Å². The smallest absolute Gasteiger partial charge is 0.0897 e. The second kappa shape index (κ2) is 3.71. The van der Waals surface area contributed by atoms with E-state index >= 15 is 0 Å². The third-order valence-corrected chi connectivity index (χ3v) is 2.59. The van der Waals surface area contributed by atoms with Crippen LogP contribution in [0.5, 0.6) is 0 Å². The lowest BCUT2D eigenvalue weighted by molar-refractivity contribution is 0.474. The lowest BCUT2D eigenvalue weighted by Crippen LogP contribution is -1.83. The van der Waals surface area contributed by atoms with Crippen LogP contribution in [0.1, 0.15) is 16.9 Å². The summed E-state index contributed by atoms with van der Waals surface area (Å²) in [5, 5.41) is 2.06. The summed E-state index contributed by atoms with van der Waals surface area (Å²) in [7, 11) is 0. The zero-order valence-corrected chi connectivity index (χ0v) is 6.88. The molecule has 0 radical (unpaired) electrons. The highest BCUT2D eigenvalue weighted by atomic mass is 32.1. The molecule has 0 unspecified atom stereocenters. The minimum atomic E-state index is -0.197. The van der Waals surface area contributed by atoms with Gasteiger partial charge in [0, 0.05) is 4.88 Å². The SMILES string of the molecule is Cc1ccsc1CCCF. The Morgan fingerprint density at radius 3 is 2.90 bits per heavy atom. The van der Waals surface area contributed by atoms with Crippen LogP contribution in [0.2, 0.25) is 0 Å². The summed E-state index contributed by atoms with van der Waals surface area (Å²) in [4.78, 5) is 1.33. The first-order valence-electron chi connectivity index (χ1n) is 3.43. The number of hydrogen-bond acceptors (Lipinski definition) is 1. The Morgan fingerprint density at radius 2 is 2.40 bits per heavy atom. The maximum absolute atomic E-state index is 11.7.